The van der Waals surface area contributed by atoms with E-state index in [0.717, 1.165) is 12.2 Å². The molecule has 1 rings (SSSR count). The number of hydrogen-bond donors (Lipinski definition) is 1. The van der Waals surface area contributed by atoms with Gasteiger partial charge in [0.15, 0.2) is 0 Å². The Kier molecular flexibility index (Phi) is 5.49. The van der Waals surface area contributed by atoms with Crippen molar-refractivity contribution in [2.24, 2.45) is 11.7 Å². The van der Waals surface area contributed by atoms with Gasteiger partial charge in [0.2, 0.25) is 0 Å². The molecule has 0 aliphatic rings. The van der Waals surface area contributed by atoms with E-state index in [4.69, 9.17) is 10.5 Å². The van der Waals surface area contributed by atoms with Crippen LogP contribution in [0.25, 0.3) is 0 Å². The summed E-state index contributed by atoms with van der Waals surface area (Å²) in [6.45, 7) is 8.52. The third kappa shape index (κ3) is 5.22. The molecule has 0 spiro atoms. The number of rotatable bonds is 6. The highest BCUT2D eigenvalue weighted by Gasteiger charge is 2.07. The molecule has 2 N–H and O–H groups in total. The first-order valence-corrected chi connectivity index (χ1v) is 6.51. The van der Waals surface area contributed by atoms with Crippen LogP contribution >= 0.6 is 0 Å². The maximum Gasteiger partial charge on any atom is 0.119 e. The van der Waals surface area contributed by atoms with E-state index in [2.05, 4.69) is 26.0 Å². The van der Waals surface area contributed by atoms with E-state index in [-0.39, 0.29) is 12.1 Å². The monoisotopic (exact) mass is 235 g/mol. The van der Waals surface area contributed by atoms with Gasteiger partial charge in [-0.25, -0.2) is 0 Å². The summed E-state index contributed by atoms with van der Waals surface area (Å²) in [6.07, 6.45) is 2.43. The average molecular weight is 235 g/mol. The summed E-state index contributed by atoms with van der Waals surface area (Å²) >= 11 is 0. The molecular weight excluding hydrogens is 210 g/mol. The third-order valence-corrected chi connectivity index (χ3v) is 2.74. The van der Waals surface area contributed by atoms with Crippen LogP contribution in [0.3, 0.4) is 0 Å². The zero-order chi connectivity index (χ0) is 12.8. The summed E-state index contributed by atoms with van der Waals surface area (Å²) in [4.78, 5) is 0. The second-order valence-electron chi connectivity index (χ2n) is 5.31. The van der Waals surface area contributed by atoms with Crippen molar-refractivity contribution < 1.29 is 4.74 Å². The summed E-state index contributed by atoms with van der Waals surface area (Å²) in [6, 6.07) is 8.30. The molecule has 0 unspecified atom stereocenters. The van der Waals surface area contributed by atoms with Crippen molar-refractivity contribution in [3.8, 4) is 5.75 Å². The Morgan fingerprint density at radius 1 is 1.00 bits per heavy atom. The molecule has 96 valence electrons. The molecule has 2 nitrogen and oxygen atoms in total. The van der Waals surface area contributed by atoms with Crippen LogP contribution in [0.15, 0.2) is 24.3 Å². The van der Waals surface area contributed by atoms with Crippen molar-refractivity contribution in [1.82, 2.24) is 0 Å². The van der Waals surface area contributed by atoms with E-state index >= 15 is 0 Å². The normalized spacial score (nSPS) is 13.1. The summed E-state index contributed by atoms with van der Waals surface area (Å²) in [5.41, 5.74) is 7.35. The van der Waals surface area contributed by atoms with E-state index in [0.29, 0.717) is 5.92 Å². The topological polar surface area (TPSA) is 35.2 Å². The van der Waals surface area contributed by atoms with Gasteiger partial charge in [0.05, 0.1) is 6.10 Å². The maximum atomic E-state index is 6.15. The van der Waals surface area contributed by atoms with Crippen molar-refractivity contribution in [2.75, 3.05) is 0 Å². The van der Waals surface area contributed by atoms with Crippen LogP contribution in [-0.4, -0.2) is 6.10 Å². The van der Waals surface area contributed by atoms with Crippen LogP contribution in [-0.2, 0) is 0 Å². The summed E-state index contributed by atoms with van der Waals surface area (Å²) < 4.78 is 5.61. The zero-order valence-electron chi connectivity index (χ0n) is 11.4. The van der Waals surface area contributed by atoms with Crippen LogP contribution in [0.2, 0.25) is 0 Å². The lowest BCUT2D eigenvalue weighted by atomic mass is 9.98. The van der Waals surface area contributed by atoms with Crippen molar-refractivity contribution in [3.05, 3.63) is 29.8 Å². The van der Waals surface area contributed by atoms with Crippen molar-refractivity contribution >= 4 is 0 Å². The number of ether oxygens (including phenoxy) is 1. The molecule has 0 aromatic heterocycles. The Balaban J connectivity index is 2.54. The number of benzene rings is 1. The van der Waals surface area contributed by atoms with Crippen molar-refractivity contribution in [1.29, 1.82) is 0 Å². The molecule has 0 saturated carbocycles. The first-order chi connectivity index (χ1) is 7.99. The lowest BCUT2D eigenvalue weighted by Crippen LogP contribution is -2.11. The Hall–Kier alpha value is -1.02. The van der Waals surface area contributed by atoms with Crippen LogP contribution in [0.1, 0.15) is 52.1 Å². The smallest absolute Gasteiger partial charge is 0.119 e. The highest BCUT2D eigenvalue weighted by atomic mass is 16.5. The molecule has 1 aromatic carbocycles. The van der Waals surface area contributed by atoms with Crippen LogP contribution in [0.4, 0.5) is 0 Å². The van der Waals surface area contributed by atoms with Gasteiger partial charge in [0, 0.05) is 6.04 Å². The number of hydrogen-bond acceptors (Lipinski definition) is 2. The third-order valence-electron chi connectivity index (χ3n) is 2.74. The molecule has 0 amide bonds. The SMILES string of the molecule is CC(C)CC[C@@H](N)c1ccc(OC(C)C)cc1. The number of nitrogens with two attached hydrogens (primary N) is 1. The first kappa shape index (κ1) is 14.0. The molecule has 1 atom stereocenters. The molecule has 0 heterocycles. The first-order valence-electron chi connectivity index (χ1n) is 6.51. The quantitative estimate of drug-likeness (QED) is 0.811. The lowest BCUT2D eigenvalue weighted by molar-refractivity contribution is 0.242. The van der Waals surface area contributed by atoms with E-state index < -0.39 is 0 Å². The lowest BCUT2D eigenvalue weighted by Gasteiger charge is -2.15. The van der Waals surface area contributed by atoms with E-state index in [1.165, 1.54) is 12.0 Å². The fourth-order valence-corrected chi connectivity index (χ4v) is 1.75. The van der Waals surface area contributed by atoms with Crippen molar-refractivity contribution in [3.63, 3.8) is 0 Å². The molecule has 0 aliphatic heterocycles. The largest absolute Gasteiger partial charge is 0.491 e. The van der Waals surface area contributed by atoms with Gasteiger partial charge in [-0.1, -0.05) is 26.0 Å². The van der Waals surface area contributed by atoms with E-state index in [1.54, 1.807) is 0 Å². The van der Waals surface area contributed by atoms with Gasteiger partial charge < -0.3 is 10.5 Å². The van der Waals surface area contributed by atoms with E-state index in [9.17, 15) is 0 Å². The summed E-state index contributed by atoms with van der Waals surface area (Å²) in [5, 5.41) is 0. The second-order valence-corrected chi connectivity index (χ2v) is 5.31. The van der Waals surface area contributed by atoms with Gasteiger partial charge in [-0.15, -0.1) is 0 Å². The zero-order valence-corrected chi connectivity index (χ0v) is 11.4. The van der Waals surface area contributed by atoms with Crippen LogP contribution in [0, 0.1) is 5.92 Å². The molecular formula is C15H25NO. The predicted molar refractivity (Wildman–Crippen MR) is 73.2 cm³/mol. The second kappa shape index (κ2) is 6.65. The van der Waals surface area contributed by atoms with Crippen molar-refractivity contribution in [2.45, 2.75) is 52.7 Å². The molecule has 17 heavy (non-hydrogen) atoms. The highest BCUT2D eigenvalue weighted by molar-refractivity contribution is 5.29. The fraction of sp³-hybridized carbons (Fsp3) is 0.600. The van der Waals surface area contributed by atoms with Gasteiger partial charge in [-0.2, -0.15) is 0 Å². The minimum absolute atomic E-state index is 0.144. The molecule has 1 aromatic rings. The minimum Gasteiger partial charge on any atom is -0.491 e. The molecule has 0 radical (unpaired) electrons. The highest BCUT2D eigenvalue weighted by Crippen LogP contribution is 2.21. The Labute approximate surface area is 105 Å². The molecule has 0 fully saturated rings. The average Bonchev–Trinajstić information content (AvgIpc) is 2.26. The van der Waals surface area contributed by atoms with Gasteiger partial charge in [0.25, 0.3) is 0 Å². The van der Waals surface area contributed by atoms with Gasteiger partial charge >= 0.3 is 0 Å². The fourth-order valence-electron chi connectivity index (χ4n) is 1.75. The molecule has 0 saturated heterocycles. The van der Waals surface area contributed by atoms with Gasteiger partial charge in [-0.3, -0.25) is 0 Å². The Bertz CT molecular complexity index is 316. The minimum atomic E-state index is 0.144. The Morgan fingerprint density at radius 3 is 2.06 bits per heavy atom. The Morgan fingerprint density at radius 2 is 1.59 bits per heavy atom. The van der Waals surface area contributed by atoms with Gasteiger partial charge in [0.1, 0.15) is 5.75 Å². The summed E-state index contributed by atoms with van der Waals surface area (Å²) in [5.74, 6) is 1.63. The van der Waals surface area contributed by atoms with Gasteiger partial charge in [-0.05, 0) is 50.3 Å². The standard InChI is InChI=1S/C15H25NO/c1-11(2)5-10-15(16)13-6-8-14(9-7-13)17-12(3)4/h6-9,11-12,15H,5,10,16H2,1-4H3/t15-/m1/s1. The molecule has 0 bridgehead atoms. The molecule has 2 heteroatoms. The van der Waals surface area contributed by atoms with Crippen LogP contribution < -0.4 is 10.5 Å². The molecule has 0 aliphatic carbocycles. The summed E-state index contributed by atoms with van der Waals surface area (Å²) in [7, 11) is 0. The van der Waals surface area contributed by atoms with E-state index in [1.807, 2.05) is 26.0 Å². The predicted octanol–water partition coefficient (Wildman–Crippen LogP) is 3.91. The van der Waals surface area contributed by atoms with Crippen LogP contribution in [0.5, 0.6) is 5.75 Å². The maximum absolute atomic E-state index is 6.15.